The molecule has 2 atom stereocenters. The second-order valence-electron chi connectivity index (χ2n) is 5.61. The molecule has 1 aromatic rings. The van der Waals surface area contributed by atoms with Crippen molar-refractivity contribution in [1.29, 1.82) is 0 Å². The molecule has 1 aliphatic carbocycles. The average molecular weight is 285 g/mol. The van der Waals surface area contributed by atoms with E-state index < -0.39 is 15.8 Å². The first-order valence-electron chi connectivity index (χ1n) is 6.58. The number of halogens is 1. The molecule has 0 aromatic heterocycles. The van der Waals surface area contributed by atoms with Crippen LogP contribution in [0.5, 0.6) is 0 Å². The molecule has 0 bridgehead atoms. The van der Waals surface area contributed by atoms with Gasteiger partial charge in [-0.05, 0) is 62.3 Å². The molecule has 1 aromatic carbocycles. The minimum atomic E-state index is -3.56. The van der Waals surface area contributed by atoms with E-state index in [-0.39, 0.29) is 10.9 Å². The average Bonchev–Trinajstić information content (AvgIpc) is 2.60. The predicted molar refractivity (Wildman–Crippen MR) is 73.0 cm³/mol. The van der Waals surface area contributed by atoms with Crippen LogP contribution in [0.25, 0.3) is 0 Å². The molecule has 0 heterocycles. The summed E-state index contributed by atoms with van der Waals surface area (Å²) in [7, 11) is -3.56. The van der Waals surface area contributed by atoms with E-state index in [4.69, 9.17) is 0 Å². The van der Waals surface area contributed by atoms with E-state index in [2.05, 4.69) is 11.6 Å². The standard InChI is InChI=1S/C14H20FNO2S/c1-9-4-5-13(6-9)16-19(17,18)14-10(2)7-12(15)8-11(14)3/h7-9,13,16H,4-6H2,1-3H3. The van der Waals surface area contributed by atoms with Crippen molar-refractivity contribution >= 4 is 10.0 Å². The van der Waals surface area contributed by atoms with E-state index in [1.54, 1.807) is 13.8 Å². The number of rotatable bonds is 3. The van der Waals surface area contributed by atoms with Crippen LogP contribution in [0.3, 0.4) is 0 Å². The third-order valence-corrected chi connectivity index (χ3v) is 5.54. The van der Waals surface area contributed by atoms with E-state index in [0.717, 1.165) is 19.3 Å². The lowest BCUT2D eigenvalue weighted by Gasteiger charge is -2.16. The summed E-state index contributed by atoms with van der Waals surface area (Å²) in [5.41, 5.74) is 0.909. The molecule has 0 aliphatic heterocycles. The van der Waals surface area contributed by atoms with Gasteiger partial charge in [0.15, 0.2) is 0 Å². The van der Waals surface area contributed by atoms with Gasteiger partial charge < -0.3 is 0 Å². The van der Waals surface area contributed by atoms with Gasteiger partial charge in [-0.25, -0.2) is 17.5 Å². The van der Waals surface area contributed by atoms with Crippen LogP contribution < -0.4 is 4.72 Å². The molecule has 1 aliphatic rings. The summed E-state index contributed by atoms with van der Waals surface area (Å²) in [6.45, 7) is 5.38. The second-order valence-corrected chi connectivity index (χ2v) is 7.26. The fourth-order valence-electron chi connectivity index (χ4n) is 2.91. The molecule has 1 N–H and O–H groups in total. The highest BCUT2D eigenvalue weighted by Gasteiger charge is 2.28. The monoisotopic (exact) mass is 285 g/mol. The lowest BCUT2D eigenvalue weighted by molar-refractivity contribution is 0.537. The third-order valence-electron chi connectivity index (χ3n) is 3.71. The number of aryl methyl sites for hydroxylation is 2. The van der Waals surface area contributed by atoms with Gasteiger partial charge in [-0.1, -0.05) is 6.92 Å². The van der Waals surface area contributed by atoms with Crippen molar-refractivity contribution in [3.8, 4) is 0 Å². The van der Waals surface area contributed by atoms with Gasteiger partial charge >= 0.3 is 0 Å². The summed E-state index contributed by atoms with van der Waals surface area (Å²) in [5, 5.41) is 0. The highest BCUT2D eigenvalue weighted by molar-refractivity contribution is 7.89. The van der Waals surface area contributed by atoms with Gasteiger partial charge in [-0.3, -0.25) is 0 Å². The minimum absolute atomic E-state index is 0.00357. The molecule has 0 spiro atoms. The lowest BCUT2D eigenvalue weighted by atomic mass is 10.1. The summed E-state index contributed by atoms with van der Waals surface area (Å²) in [4.78, 5) is 0.216. The van der Waals surface area contributed by atoms with Crippen molar-refractivity contribution in [2.24, 2.45) is 5.92 Å². The van der Waals surface area contributed by atoms with Crippen LogP contribution >= 0.6 is 0 Å². The van der Waals surface area contributed by atoms with Crippen LogP contribution in [0.1, 0.15) is 37.3 Å². The zero-order valence-electron chi connectivity index (χ0n) is 11.5. The minimum Gasteiger partial charge on any atom is -0.208 e. The number of sulfonamides is 1. The largest absolute Gasteiger partial charge is 0.241 e. The van der Waals surface area contributed by atoms with Crippen molar-refractivity contribution in [1.82, 2.24) is 4.72 Å². The Morgan fingerprint density at radius 3 is 2.26 bits per heavy atom. The SMILES string of the molecule is Cc1cc(F)cc(C)c1S(=O)(=O)NC1CCC(C)C1. The number of hydrogen-bond donors (Lipinski definition) is 1. The zero-order chi connectivity index (χ0) is 14.2. The summed E-state index contributed by atoms with van der Waals surface area (Å²) < 4.78 is 40.8. The Morgan fingerprint density at radius 2 is 1.79 bits per heavy atom. The Morgan fingerprint density at radius 1 is 1.21 bits per heavy atom. The van der Waals surface area contributed by atoms with E-state index in [1.165, 1.54) is 12.1 Å². The van der Waals surface area contributed by atoms with E-state index in [9.17, 15) is 12.8 Å². The van der Waals surface area contributed by atoms with Gasteiger partial charge in [0.1, 0.15) is 5.82 Å². The molecular weight excluding hydrogens is 265 g/mol. The summed E-state index contributed by atoms with van der Waals surface area (Å²) >= 11 is 0. The zero-order valence-corrected chi connectivity index (χ0v) is 12.3. The first-order chi connectivity index (χ1) is 8.79. The predicted octanol–water partition coefficient (Wildman–Crippen LogP) is 2.91. The first-order valence-corrected chi connectivity index (χ1v) is 8.07. The van der Waals surface area contributed by atoms with Crippen molar-refractivity contribution in [2.45, 2.75) is 51.0 Å². The molecule has 0 radical (unpaired) electrons. The number of nitrogens with one attached hydrogen (secondary N) is 1. The Kier molecular flexibility index (Phi) is 3.97. The van der Waals surface area contributed by atoms with Crippen LogP contribution in [0.4, 0.5) is 4.39 Å². The lowest BCUT2D eigenvalue weighted by Crippen LogP contribution is -2.33. The Hall–Kier alpha value is -0.940. The van der Waals surface area contributed by atoms with E-state index in [0.29, 0.717) is 17.0 Å². The van der Waals surface area contributed by atoms with Crippen LogP contribution in [-0.2, 0) is 10.0 Å². The molecule has 2 unspecified atom stereocenters. The highest BCUT2D eigenvalue weighted by atomic mass is 32.2. The fraction of sp³-hybridized carbons (Fsp3) is 0.571. The van der Waals surface area contributed by atoms with Crippen molar-refractivity contribution in [3.63, 3.8) is 0 Å². The van der Waals surface area contributed by atoms with E-state index >= 15 is 0 Å². The van der Waals surface area contributed by atoms with Crippen LogP contribution in [0, 0.1) is 25.6 Å². The Labute approximate surface area is 114 Å². The number of hydrogen-bond acceptors (Lipinski definition) is 2. The van der Waals surface area contributed by atoms with Gasteiger partial charge in [-0.15, -0.1) is 0 Å². The molecule has 1 fully saturated rings. The maximum atomic E-state index is 13.2. The Bertz CT molecular complexity index is 560. The van der Waals surface area contributed by atoms with Gasteiger partial charge in [0.25, 0.3) is 0 Å². The summed E-state index contributed by atoms with van der Waals surface area (Å²) in [6, 6.07) is 2.53. The molecule has 3 nitrogen and oxygen atoms in total. The summed E-state index contributed by atoms with van der Waals surface area (Å²) in [6.07, 6.45) is 2.80. The molecule has 0 saturated heterocycles. The molecule has 5 heteroatoms. The van der Waals surface area contributed by atoms with Gasteiger partial charge in [0, 0.05) is 6.04 Å². The number of benzene rings is 1. The fourth-order valence-corrected chi connectivity index (χ4v) is 4.65. The maximum absolute atomic E-state index is 13.2. The quantitative estimate of drug-likeness (QED) is 0.928. The highest BCUT2D eigenvalue weighted by Crippen LogP contribution is 2.27. The Balaban J connectivity index is 2.30. The van der Waals surface area contributed by atoms with Crippen LogP contribution in [0.15, 0.2) is 17.0 Å². The molecule has 0 amide bonds. The van der Waals surface area contributed by atoms with Crippen molar-refractivity contribution < 1.29 is 12.8 Å². The molecule has 1 saturated carbocycles. The van der Waals surface area contributed by atoms with Gasteiger partial charge in [0.05, 0.1) is 4.90 Å². The van der Waals surface area contributed by atoms with Crippen molar-refractivity contribution in [3.05, 3.63) is 29.1 Å². The van der Waals surface area contributed by atoms with Gasteiger partial charge in [0.2, 0.25) is 10.0 Å². The smallest absolute Gasteiger partial charge is 0.208 e. The molecular formula is C14H20FNO2S. The van der Waals surface area contributed by atoms with E-state index in [1.807, 2.05) is 0 Å². The first kappa shape index (κ1) is 14.5. The summed E-state index contributed by atoms with van der Waals surface area (Å²) in [5.74, 6) is 0.159. The molecule has 19 heavy (non-hydrogen) atoms. The normalized spacial score (nSPS) is 23.8. The van der Waals surface area contributed by atoms with Crippen LogP contribution in [0.2, 0.25) is 0 Å². The van der Waals surface area contributed by atoms with Crippen molar-refractivity contribution in [2.75, 3.05) is 0 Å². The molecule has 2 rings (SSSR count). The molecule has 106 valence electrons. The van der Waals surface area contributed by atoms with Crippen LogP contribution in [-0.4, -0.2) is 14.5 Å². The topological polar surface area (TPSA) is 46.2 Å². The van der Waals surface area contributed by atoms with Gasteiger partial charge in [-0.2, -0.15) is 0 Å². The third kappa shape index (κ3) is 3.15. The second kappa shape index (κ2) is 5.21. The maximum Gasteiger partial charge on any atom is 0.241 e.